The SMILES string of the molecule is CCc1nn(CCCc2ccccc2)c(CC)c1I. The molecular formula is C16H21IN2. The van der Waals surface area contributed by atoms with E-state index in [0.717, 1.165) is 32.2 Å². The van der Waals surface area contributed by atoms with Crippen LogP contribution in [0.25, 0.3) is 0 Å². The Kier molecular flexibility index (Phi) is 5.43. The molecule has 2 aromatic rings. The standard InChI is InChI=1S/C16H21IN2/c1-3-14-16(17)15(4-2)19(18-14)12-8-11-13-9-6-5-7-10-13/h5-7,9-10H,3-4,8,11-12H2,1-2H3. The van der Waals surface area contributed by atoms with Crippen LogP contribution >= 0.6 is 22.6 Å². The molecule has 19 heavy (non-hydrogen) atoms. The quantitative estimate of drug-likeness (QED) is 0.698. The molecule has 0 saturated heterocycles. The molecule has 0 atom stereocenters. The smallest absolute Gasteiger partial charge is 0.0758 e. The molecule has 0 unspecified atom stereocenters. The second-order valence-corrected chi connectivity index (χ2v) is 5.81. The summed E-state index contributed by atoms with van der Waals surface area (Å²) in [6.07, 6.45) is 4.37. The summed E-state index contributed by atoms with van der Waals surface area (Å²) in [6, 6.07) is 10.7. The topological polar surface area (TPSA) is 17.8 Å². The van der Waals surface area contributed by atoms with E-state index in [-0.39, 0.29) is 0 Å². The number of aryl methyl sites for hydroxylation is 3. The molecule has 0 aliphatic rings. The van der Waals surface area contributed by atoms with E-state index in [1.807, 2.05) is 0 Å². The van der Waals surface area contributed by atoms with Crippen LogP contribution in [0.4, 0.5) is 0 Å². The Labute approximate surface area is 129 Å². The molecular weight excluding hydrogens is 347 g/mol. The van der Waals surface area contributed by atoms with Gasteiger partial charge >= 0.3 is 0 Å². The molecule has 0 aliphatic heterocycles. The van der Waals surface area contributed by atoms with Gasteiger partial charge in [0.25, 0.3) is 0 Å². The van der Waals surface area contributed by atoms with Crippen LogP contribution in [0.3, 0.4) is 0 Å². The van der Waals surface area contributed by atoms with E-state index < -0.39 is 0 Å². The number of halogens is 1. The Hall–Kier alpha value is -0.840. The molecule has 0 radical (unpaired) electrons. The van der Waals surface area contributed by atoms with Crippen molar-refractivity contribution in [3.8, 4) is 0 Å². The maximum absolute atomic E-state index is 4.74. The van der Waals surface area contributed by atoms with Gasteiger partial charge in [0.05, 0.1) is 15.0 Å². The largest absolute Gasteiger partial charge is 0.268 e. The molecule has 2 nitrogen and oxygen atoms in total. The van der Waals surface area contributed by atoms with Gasteiger partial charge in [0.15, 0.2) is 0 Å². The lowest BCUT2D eigenvalue weighted by atomic mass is 10.1. The lowest BCUT2D eigenvalue weighted by molar-refractivity contribution is 0.551. The molecule has 102 valence electrons. The van der Waals surface area contributed by atoms with Gasteiger partial charge in [0, 0.05) is 6.54 Å². The molecule has 1 heterocycles. The van der Waals surface area contributed by atoms with Gasteiger partial charge in [0.2, 0.25) is 0 Å². The van der Waals surface area contributed by atoms with E-state index >= 15 is 0 Å². The van der Waals surface area contributed by atoms with E-state index in [1.165, 1.54) is 20.5 Å². The van der Waals surface area contributed by atoms with E-state index in [2.05, 4.69) is 71.5 Å². The van der Waals surface area contributed by atoms with Gasteiger partial charge in [-0.25, -0.2) is 0 Å². The van der Waals surface area contributed by atoms with Gasteiger partial charge in [-0.05, 0) is 53.8 Å². The van der Waals surface area contributed by atoms with Crippen molar-refractivity contribution < 1.29 is 0 Å². The fourth-order valence-corrected chi connectivity index (χ4v) is 3.51. The van der Waals surface area contributed by atoms with Crippen LogP contribution in [0.1, 0.15) is 37.2 Å². The Morgan fingerprint density at radius 2 is 1.84 bits per heavy atom. The van der Waals surface area contributed by atoms with Crippen LogP contribution in [0.5, 0.6) is 0 Å². The van der Waals surface area contributed by atoms with Crippen molar-refractivity contribution in [3.63, 3.8) is 0 Å². The number of nitrogens with zero attached hydrogens (tertiary/aromatic N) is 2. The molecule has 0 N–H and O–H groups in total. The van der Waals surface area contributed by atoms with E-state index in [0.29, 0.717) is 0 Å². The highest BCUT2D eigenvalue weighted by Crippen LogP contribution is 2.19. The van der Waals surface area contributed by atoms with Crippen molar-refractivity contribution in [2.45, 2.75) is 46.1 Å². The lowest BCUT2D eigenvalue weighted by Gasteiger charge is -2.06. The van der Waals surface area contributed by atoms with E-state index in [9.17, 15) is 0 Å². The molecule has 3 heteroatoms. The van der Waals surface area contributed by atoms with Crippen LogP contribution in [-0.2, 0) is 25.8 Å². The third-order valence-electron chi connectivity index (χ3n) is 3.41. The number of benzene rings is 1. The Bertz CT molecular complexity index is 517. The summed E-state index contributed by atoms with van der Waals surface area (Å²) in [6.45, 7) is 5.42. The van der Waals surface area contributed by atoms with Crippen molar-refractivity contribution in [1.29, 1.82) is 0 Å². The predicted octanol–water partition coefficient (Wildman–Crippen LogP) is 4.25. The number of hydrogen-bond donors (Lipinski definition) is 0. The second kappa shape index (κ2) is 7.08. The van der Waals surface area contributed by atoms with Crippen molar-refractivity contribution in [1.82, 2.24) is 9.78 Å². The summed E-state index contributed by atoms with van der Waals surface area (Å²) in [7, 11) is 0. The Morgan fingerprint density at radius 1 is 1.11 bits per heavy atom. The van der Waals surface area contributed by atoms with Crippen LogP contribution in [0.15, 0.2) is 30.3 Å². The fraction of sp³-hybridized carbons (Fsp3) is 0.438. The molecule has 0 fully saturated rings. The van der Waals surface area contributed by atoms with Crippen molar-refractivity contribution in [2.75, 3.05) is 0 Å². The highest BCUT2D eigenvalue weighted by Gasteiger charge is 2.12. The molecule has 0 amide bonds. The third kappa shape index (κ3) is 3.59. The predicted molar refractivity (Wildman–Crippen MR) is 88.5 cm³/mol. The van der Waals surface area contributed by atoms with Gasteiger partial charge < -0.3 is 0 Å². The molecule has 1 aromatic heterocycles. The summed E-state index contributed by atoms with van der Waals surface area (Å²) in [5.41, 5.74) is 4.06. The zero-order valence-corrected chi connectivity index (χ0v) is 13.9. The van der Waals surface area contributed by atoms with Gasteiger partial charge in [0.1, 0.15) is 0 Å². The maximum Gasteiger partial charge on any atom is 0.0758 e. The zero-order chi connectivity index (χ0) is 13.7. The Balaban J connectivity index is 1.99. The van der Waals surface area contributed by atoms with E-state index in [1.54, 1.807) is 0 Å². The zero-order valence-electron chi connectivity index (χ0n) is 11.7. The highest BCUT2D eigenvalue weighted by molar-refractivity contribution is 14.1. The lowest BCUT2D eigenvalue weighted by Crippen LogP contribution is -2.06. The van der Waals surface area contributed by atoms with Crippen LogP contribution in [0, 0.1) is 3.57 Å². The van der Waals surface area contributed by atoms with Gasteiger partial charge in [-0.2, -0.15) is 5.10 Å². The van der Waals surface area contributed by atoms with Crippen LogP contribution in [-0.4, -0.2) is 9.78 Å². The minimum atomic E-state index is 1.02. The van der Waals surface area contributed by atoms with Crippen LogP contribution < -0.4 is 0 Å². The van der Waals surface area contributed by atoms with Gasteiger partial charge in [-0.3, -0.25) is 4.68 Å². The number of hydrogen-bond acceptors (Lipinski definition) is 1. The fourth-order valence-electron chi connectivity index (χ4n) is 2.36. The van der Waals surface area contributed by atoms with Crippen molar-refractivity contribution in [3.05, 3.63) is 50.9 Å². The summed E-state index contributed by atoms with van der Waals surface area (Å²) < 4.78 is 3.58. The highest BCUT2D eigenvalue weighted by atomic mass is 127. The average Bonchev–Trinajstić information content (AvgIpc) is 2.75. The molecule has 1 aromatic carbocycles. The van der Waals surface area contributed by atoms with Crippen molar-refractivity contribution in [2.24, 2.45) is 0 Å². The van der Waals surface area contributed by atoms with Gasteiger partial charge in [-0.1, -0.05) is 44.2 Å². The second-order valence-electron chi connectivity index (χ2n) is 4.73. The normalized spacial score (nSPS) is 10.9. The molecule has 0 bridgehead atoms. The average molecular weight is 368 g/mol. The summed E-state index contributed by atoms with van der Waals surface area (Å²) in [5, 5.41) is 4.74. The van der Waals surface area contributed by atoms with Crippen molar-refractivity contribution >= 4 is 22.6 Å². The molecule has 0 aliphatic carbocycles. The third-order valence-corrected chi connectivity index (χ3v) is 4.65. The minimum Gasteiger partial charge on any atom is -0.268 e. The molecule has 0 spiro atoms. The molecule has 2 rings (SSSR count). The van der Waals surface area contributed by atoms with E-state index in [4.69, 9.17) is 5.10 Å². The molecule has 0 saturated carbocycles. The Morgan fingerprint density at radius 3 is 2.47 bits per heavy atom. The maximum atomic E-state index is 4.74. The minimum absolute atomic E-state index is 1.02. The first-order chi connectivity index (χ1) is 9.26. The number of aromatic nitrogens is 2. The summed E-state index contributed by atoms with van der Waals surface area (Å²) in [4.78, 5) is 0. The first kappa shape index (κ1) is 14.6. The summed E-state index contributed by atoms with van der Waals surface area (Å²) >= 11 is 2.44. The number of rotatable bonds is 6. The monoisotopic (exact) mass is 368 g/mol. The van der Waals surface area contributed by atoms with Crippen LogP contribution in [0.2, 0.25) is 0 Å². The first-order valence-corrected chi connectivity index (χ1v) is 8.12. The first-order valence-electron chi connectivity index (χ1n) is 7.04. The van der Waals surface area contributed by atoms with Gasteiger partial charge in [-0.15, -0.1) is 0 Å². The summed E-state index contributed by atoms with van der Waals surface area (Å²) in [5.74, 6) is 0.